The summed E-state index contributed by atoms with van der Waals surface area (Å²) >= 11 is 0.393. The van der Waals surface area contributed by atoms with Crippen LogP contribution in [0.5, 0.6) is 5.75 Å². The summed E-state index contributed by atoms with van der Waals surface area (Å²) in [4.78, 5) is 35.9. The highest BCUT2D eigenvalue weighted by molar-refractivity contribution is 7.99. The molecular weight excluding hydrogens is 418 g/mol. The predicted molar refractivity (Wildman–Crippen MR) is 108 cm³/mol. The van der Waals surface area contributed by atoms with Crippen molar-refractivity contribution in [2.45, 2.75) is 17.6 Å². The van der Waals surface area contributed by atoms with E-state index in [1.165, 1.54) is 24.3 Å². The van der Waals surface area contributed by atoms with Gasteiger partial charge in [-0.2, -0.15) is 8.78 Å². The van der Waals surface area contributed by atoms with Gasteiger partial charge in [-0.15, -0.1) is 0 Å². The zero-order valence-electron chi connectivity index (χ0n) is 16.0. The van der Waals surface area contributed by atoms with Gasteiger partial charge in [0.15, 0.2) is 6.61 Å². The van der Waals surface area contributed by atoms with Crippen molar-refractivity contribution in [1.82, 2.24) is 5.32 Å². The van der Waals surface area contributed by atoms with Crippen molar-refractivity contribution in [3.8, 4) is 5.75 Å². The van der Waals surface area contributed by atoms with Crippen LogP contribution in [0.15, 0.2) is 53.4 Å². The van der Waals surface area contributed by atoms with E-state index in [-0.39, 0.29) is 0 Å². The first-order chi connectivity index (χ1) is 14.4. The van der Waals surface area contributed by atoms with Crippen LogP contribution in [0.2, 0.25) is 0 Å². The van der Waals surface area contributed by atoms with Crippen LogP contribution in [0.25, 0.3) is 0 Å². The van der Waals surface area contributed by atoms with Crippen LogP contribution in [-0.2, 0) is 14.3 Å². The van der Waals surface area contributed by atoms with E-state index in [1.807, 2.05) is 6.92 Å². The summed E-state index contributed by atoms with van der Waals surface area (Å²) in [5.41, 5.74) is 0.718. The maximum absolute atomic E-state index is 12.3. The molecule has 0 unspecified atom stereocenters. The number of carbonyl (C=O) groups is 3. The molecule has 0 radical (unpaired) electrons. The van der Waals surface area contributed by atoms with Crippen LogP contribution in [0, 0.1) is 0 Å². The van der Waals surface area contributed by atoms with Gasteiger partial charge in [0.1, 0.15) is 12.3 Å². The van der Waals surface area contributed by atoms with Crippen molar-refractivity contribution in [3.63, 3.8) is 0 Å². The summed E-state index contributed by atoms with van der Waals surface area (Å²) in [5.74, 6) is -3.76. The van der Waals surface area contributed by atoms with Gasteiger partial charge >= 0.3 is 5.97 Å². The summed E-state index contributed by atoms with van der Waals surface area (Å²) in [6, 6.07) is 12.2. The van der Waals surface area contributed by atoms with Crippen molar-refractivity contribution in [3.05, 3.63) is 54.1 Å². The largest absolute Gasteiger partial charge is 0.494 e. The minimum absolute atomic E-state index is 0.345. The summed E-state index contributed by atoms with van der Waals surface area (Å²) in [5, 5.41) is 4.87. The Morgan fingerprint density at radius 3 is 2.30 bits per heavy atom. The lowest BCUT2D eigenvalue weighted by Crippen LogP contribution is -2.32. The number of hydrogen-bond donors (Lipinski definition) is 2. The molecule has 30 heavy (non-hydrogen) atoms. The van der Waals surface area contributed by atoms with E-state index in [4.69, 9.17) is 9.47 Å². The van der Waals surface area contributed by atoms with Crippen molar-refractivity contribution < 1.29 is 32.6 Å². The highest BCUT2D eigenvalue weighted by Crippen LogP contribution is 2.26. The van der Waals surface area contributed by atoms with Gasteiger partial charge in [-0.1, -0.05) is 11.8 Å². The topological polar surface area (TPSA) is 93.7 Å². The van der Waals surface area contributed by atoms with E-state index in [1.54, 1.807) is 24.3 Å². The Kier molecular flexibility index (Phi) is 9.07. The molecule has 0 aliphatic heterocycles. The Morgan fingerprint density at radius 1 is 1.03 bits per heavy atom. The number of esters is 1. The molecule has 10 heteroatoms. The van der Waals surface area contributed by atoms with E-state index < -0.39 is 36.7 Å². The average Bonchev–Trinajstić information content (AvgIpc) is 2.72. The number of ether oxygens (including phenoxy) is 2. The number of carbonyl (C=O) groups excluding carboxylic acids is 3. The summed E-state index contributed by atoms with van der Waals surface area (Å²) in [6.45, 7) is 1.40. The van der Waals surface area contributed by atoms with Crippen LogP contribution < -0.4 is 15.4 Å². The number of halogens is 2. The standard InChI is InChI=1S/C20H20F2N2O5S/c1-2-28-15-7-3-13(4-8-15)19(27)23-11-18(26)29-12-17(25)24-14-5-9-16(10-6-14)30-20(21)22/h3-10,20H,2,11-12H2,1H3,(H,23,27)(H,24,25). The minimum atomic E-state index is -2.53. The second-order valence-electron chi connectivity index (χ2n) is 5.75. The third kappa shape index (κ3) is 8.08. The molecule has 0 fully saturated rings. The number of anilines is 1. The van der Waals surface area contributed by atoms with E-state index >= 15 is 0 Å². The van der Waals surface area contributed by atoms with Gasteiger partial charge in [0.25, 0.3) is 17.6 Å². The third-order valence-electron chi connectivity index (χ3n) is 3.55. The molecule has 0 aromatic heterocycles. The molecule has 2 N–H and O–H groups in total. The molecule has 0 aliphatic carbocycles. The van der Waals surface area contributed by atoms with Crippen LogP contribution in [0.3, 0.4) is 0 Å². The fraction of sp³-hybridized carbons (Fsp3) is 0.250. The van der Waals surface area contributed by atoms with E-state index in [0.717, 1.165) is 0 Å². The second-order valence-corrected chi connectivity index (χ2v) is 6.82. The fourth-order valence-electron chi connectivity index (χ4n) is 2.24. The first kappa shape index (κ1) is 23.1. The van der Waals surface area contributed by atoms with Crippen molar-refractivity contribution in [1.29, 1.82) is 0 Å². The molecule has 2 aromatic rings. The van der Waals surface area contributed by atoms with E-state index in [0.29, 0.717) is 40.3 Å². The Balaban J connectivity index is 1.70. The maximum Gasteiger partial charge on any atom is 0.325 e. The number of thioether (sulfide) groups is 1. The van der Waals surface area contributed by atoms with E-state index in [9.17, 15) is 23.2 Å². The Labute approximate surface area is 176 Å². The molecule has 2 amide bonds. The van der Waals surface area contributed by atoms with Crippen LogP contribution in [0.4, 0.5) is 14.5 Å². The van der Waals surface area contributed by atoms with Gasteiger partial charge in [-0.3, -0.25) is 14.4 Å². The second kappa shape index (κ2) is 11.8. The molecule has 7 nitrogen and oxygen atoms in total. The highest BCUT2D eigenvalue weighted by atomic mass is 32.2. The molecule has 0 atom stereocenters. The molecule has 160 valence electrons. The maximum atomic E-state index is 12.3. The van der Waals surface area contributed by atoms with Gasteiger partial charge in [0.2, 0.25) is 0 Å². The lowest BCUT2D eigenvalue weighted by molar-refractivity contribution is -0.146. The zero-order valence-corrected chi connectivity index (χ0v) is 16.8. The summed E-state index contributed by atoms with van der Waals surface area (Å²) < 4.78 is 34.6. The number of amides is 2. The molecule has 0 saturated carbocycles. The highest BCUT2D eigenvalue weighted by Gasteiger charge is 2.12. The minimum Gasteiger partial charge on any atom is -0.494 e. The van der Waals surface area contributed by atoms with E-state index in [2.05, 4.69) is 10.6 Å². The van der Waals surface area contributed by atoms with Crippen molar-refractivity contribution in [2.24, 2.45) is 0 Å². The van der Waals surface area contributed by atoms with Gasteiger partial charge in [0, 0.05) is 16.1 Å². The van der Waals surface area contributed by atoms with Gasteiger partial charge in [0.05, 0.1) is 6.61 Å². The predicted octanol–water partition coefficient (Wildman–Crippen LogP) is 3.31. The lowest BCUT2D eigenvalue weighted by Gasteiger charge is -2.09. The third-order valence-corrected chi connectivity index (χ3v) is 4.27. The Morgan fingerprint density at radius 2 is 1.70 bits per heavy atom. The first-order valence-electron chi connectivity index (χ1n) is 8.88. The fourth-order valence-corrected chi connectivity index (χ4v) is 2.74. The zero-order chi connectivity index (χ0) is 21.9. The van der Waals surface area contributed by atoms with Gasteiger partial charge in [-0.25, -0.2) is 0 Å². The molecule has 0 heterocycles. The van der Waals surface area contributed by atoms with Gasteiger partial charge in [-0.05, 0) is 55.5 Å². The quantitative estimate of drug-likeness (QED) is 0.437. The molecule has 2 rings (SSSR count). The molecule has 2 aromatic carbocycles. The first-order valence-corrected chi connectivity index (χ1v) is 9.76. The molecular formula is C20H20F2N2O5S. The normalized spacial score (nSPS) is 10.4. The lowest BCUT2D eigenvalue weighted by atomic mass is 10.2. The van der Waals surface area contributed by atoms with Gasteiger partial charge < -0.3 is 20.1 Å². The number of benzene rings is 2. The molecule has 0 spiro atoms. The number of nitrogens with one attached hydrogen (secondary N) is 2. The number of rotatable bonds is 10. The van der Waals surface area contributed by atoms with Crippen LogP contribution in [-0.4, -0.2) is 43.3 Å². The van der Waals surface area contributed by atoms with Crippen LogP contribution >= 0.6 is 11.8 Å². The number of hydrogen-bond acceptors (Lipinski definition) is 6. The average molecular weight is 438 g/mol. The monoisotopic (exact) mass is 438 g/mol. The van der Waals surface area contributed by atoms with Crippen LogP contribution in [0.1, 0.15) is 17.3 Å². The number of alkyl halides is 2. The SMILES string of the molecule is CCOc1ccc(C(=O)NCC(=O)OCC(=O)Nc2ccc(SC(F)F)cc2)cc1. The molecule has 0 aliphatic rings. The smallest absolute Gasteiger partial charge is 0.325 e. The Bertz CT molecular complexity index is 861. The Hall–Kier alpha value is -3.14. The molecule has 0 bridgehead atoms. The summed E-state index contributed by atoms with van der Waals surface area (Å²) in [7, 11) is 0. The van der Waals surface area contributed by atoms with Crippen molar-refractivity contribution >= 4 is 35.2 Å². The molecule has 0 saturated heterocycles. The summed E-state index contributed by atoms with van der Waals surface area (Å²) in [6.07, 6.45) is 0. The van der Waals surface area contributed by atoms with Crippen molar-refractivity contribution in [2.75, 3.05) is 25.1 Å².